The molecular formula is C20H24N2O2. The summed E-state index contributed by atoms with van der Waals surface area (Å²) in [7, 11) is 0. The van der Waals surface area contributed by atoms with Crippen molar-refractivity contribution in [3.63, 3.8) is 0 Å². The van der Waals surface area contributed by atoms with E-state index in [9.17, 15) is 9.59 Å². The molecule has 0 unspecified atom stereocenters. The van der Waals surface area contributed by atoms with Crippen LogP contribution in [0.15, 0.2) is 54.6 Å². The van der Waals surface area contributed by atoms with E-state index in [2.05, 4.69) is 29.7 Å². The number of rotatable bonds is 7. The number of benzene rings is 2. The smallest absolute Gasteiger partial charge is 0.251 e. The van der Waals surface area contributed by atoms with Crippen LogP contribution in [-0.2, 0) is 11.3 Å². The minimum absolute atomic E-state index is 0.0664. The predicted octanol–water partition coefficient (Wildman–Crippen LogP) is 3.25. The Kier molecular flexibility index (Phi) is 6.55. The zero-order chi connectivity index (χ0) is 17.4. The number of hydrogen-bond acceptors (Lipinski definition) is 2. The Labute approximate surface area is 143 Å². The van der Waals surface area contributed by atoms with Crippen LogP contribution in [0.5, 0.6) is 0 Å². The SMILES string of the molecule is CC[C@@H](CNC(=O)c1ccc(CNC(C)=O)cc1)c1ccccc1. The van der Waals surface area contributed by atoms with E-state index >= 15 is 0 Å². The molecule has 24 heavy (non-hydrogen) atoms. The molecule has 2 amide bonds. The second-order valence-corrected chi connectivity index (χ2v) is 5.83. The topological polar surface area (TPSA) is 58.2 Å². The van der Waals surface area contributed by atoms with E-state index in [0.717, 1.165) is 12.0 Å². The van der Waals surface area contributed by atoms with Gasteiger partial charge in [-0.3, -0.25) is 9.59 Å². The fourth-order valence-electron chi connectivity index (χ4n) is 2.54. The zero-order valence-corrected chi connectivity index (χ0v) is 14.2. The normalized spacial score (nSPS) is 11.6. The Balaban J connectivity index is 1.91. The molecule has 2 rings (SSSR count). The van der Waals surface area contributed by atoms with Crippen LogP contribution < -0.4 is 10.6 Å². The molecule has 126 valence electrons. The van der Waals surface area contributed by atoms with Gasteiger partial charge in [-0.2, -0.15) is 0 Å². The lowest BCUT2D eigenvalue weighted by Gasteiger charge is -2.16. The van der Waals surface area contributed by atoms with E-state index < -0.39 is 0 Å². The van der Waals surface area contributed by atoms with Gasteiger partial charge in [0, 0.05) is 31.5 Å². The van der Waals surface area contributed by atoms with Crippen LogP contribution in [0.25, 0.3) is 0 Å². The van der Waals surface area contributed by atoms with Gasteiger partial charge < -0.3 is 10.6 Å². The van der Waals surface area contributed by atoms with Crippen LogP contribution in [0, 0.1) is 0 Å². The number of nitrogens with one attached hydrogen (secondary N) is 2. The maximum absolute atomic E-state index is 12.3. The summed E-state index contributed by atoms with van der Waals surface area (Å²) < 4.78 is 0. The van der Waals surface area contributed by atoms with Crippen LogP contribution in [0.2, 0.25) is 0 Å². The second kappa shape index (κ2) is 8.87. The number of carbonyl (C=O) groups is 2. The summed E-state index contributed by atoms with van der Waals surface area (Å²) in [6.45, 7) is 4.70. The molecule has 0 aliphatic rings. The van der Waals surface area contributed by atoms with Gasteiger partial charge in [-0.15, -0.1) is 0 Å². The van der Waals surface area contributed by atoms with E-state index in [4.69, 9.17) is 0 Å². The highest BCUT2D eigenvalue weighted by atomic mass is 16.2. The molecule has 0 aliphatic carbocycles. The molecule has 0 heterocycles. The molecule has 0 aromatic heterocycles. The Bertz CT molecular complexity index is 666. The maximum Gasteiger partial charge on any atom is 0.251 e. The fraction of sp³-hybridized carbons (Fsp3) is 0.300. The molecule has 2 N–H and O–H groups in total. The lowest BCUT2D eigenvalue weighted by Crippen LogP contribution is -2.28. The summed E-state index contributed by atoms with van der Waals surface area (Å²) in [6, 6.07) is 17.5. The van der Waals surface area contributed by atoms with Crippen molar-refractivity contribution < 1.29 is 9.59 Å². The average molecular weight is 324 g/mol. The van der Waals surface area contributed by atoms with Crippen LogP contribution >= 0.6 is 0 Å². The van der Waals surface area contributed by atoms with E-state index in [1.54, 1.807) is 12.1 Å². The van der Waals surface area contributed by atoms with Gasteiger partial charge in [0.25, 0.3) is 5.91 Å². The summed E-state index contributed by atoms with van der Waals surface area (Å²) in [5, 5.41) is 5.75. The quantitative estimate of drug-likeness (QED) is 0.821. The van der Waals surface area contributed by atoms with Crippen molar-refractivity contribution in [1.29, 1.82) is 0 Å². The highest BCUT2D eigenvalue weighted by Crippen LogP contribution is 2.18. The first-order chi connectivity index (χ1) is 11.6. The van der Waals surface area contributed by atoms with Gasteiger partial charge in [0.2, 0.25) is 5.91 Å². The van der Waals surface area contributed by atoms with Crippen molar-refractivity contribution in [2.75, 3.05) is 6.54 Å². The van der Waals surface area contributed by atoms with Crippen molar-refractivity contribution >= 4 is 11.8 Å². The van der Waals surface area contributed by atoms with Gasteiger partial charge in [-0.05, 0) is 29.7 Å². The molecule has 0 saturated carbocycles. The van der Waals surface area contributed by atoms with E-state index in [1.165, 1.54) is 12.5 Å². The summed E-state index contributed by atoms with van der Waals surface area (Å²) in [5.74, 6) is 0.174. The summed E-state index contributed by atoms with van der Waals surface area (Å²) in [4.78, 5) is 23.2. The monoisotopic (exact) mass is 324 g/mol. The van der Waals surface area contributed by atoms with Crippen LogP contribution in [0.1, 0.15) is 47.7 Å². The summed E-state index contributed by atoms with van der Waals surface area (Å²) >= 11 is 0. The first-order valence-electron chi connectivity index (χ1n) is 8.26. The molecule has 4 heteroatoms. The maximum atomic E-state index is 12.3. The predicted molar refractivity (Wildman–Crippen MR) is 95.8 cm³/mol. The van der Waals surface area contributed by atoms with Gasteiger partial charge in [-0.25, -0.2) is 0 Å². The molecule has 2 aromatic carbocycles. The van der Waals surface area contributed by atoms with E-state index in [0.29, 0.717) is 24.6 Å². The van der Waals surface area contributed by atoms with Gasteiger partial charge in [0.15, 0.2) is 0 Å². The molecule has 1 atom stereocenters. The van der Waals surface area contributed by atoms with Crippen LogP contribution in [0.3, 0.4) is 0 Å². The molecular weight excluding hydrogens is 300 g/mol. The Morgan fingerprint density at radius 2 is 1.62 bits per heavy atom. The van der Waals surface area contributed by atoms with Crippen molar-refractivity contribution in [1.82, 2.24) is 10.6 Å². The van der Waals surface area contributed by atoms with Crippen molar-refractivity contribution in [2.45, 2.75) is 32.7 Å². The van der Waals surface area contributed by atoms with E-state index in [-0.39, 0.29) is 11.8 Å². The highest BCUT2D eigenvalue weighted by Gasteiger charge is 2.11. The fourth-order valence-corrected chi connectivity index (χ4v) is 2.54. The van der Waals surface area contributed by atoms with E-state index in [1.807, 2.05) is 30.3 Å². The third-order valence-electron chi connectivity index (χ3n) is 4.03. The molecule has 0 aliphatic heterocycles. The van der Waals surface area contributed by atoms with Gasteiger partial charge in [-0.1, -0.05) is 49.4 Å². The molecule has 0 bridgehead atoms. The number of hydrogen-bond donors (Lipinski definition) is 2. The van der Waals surface area contributed by atoms with Gasteiger partial charge >= 0.3 is 0 Å². The highest BCUT2D eigenvalue weighted by molar-refractivity contribution is 5.94. The lowest BCUT2D eigenvalue weighted by atomic mass is 9.96. The summed E-state index contributed by atoms with van der Waals surface area (Å²) in [6.07, 6.45) is 0.972. The Morgan fingerprint density at radius 1 is 0.958 bits per heavy atom. The molecule has 2 aromatic rings. The Hall–Kier alpha value is -2.62. The molecule has 0 fully saturated rings. The Morgan fingerprint density at radius 3 is 2.21 bits per heavy atom. The lowest BCUT2D eigenvalue weighted by molar-refractivity contribution is -0.119. The molecule has 0 spiro atoms. The van der Waals surface area contributed by atoms with Gasteiger partial charge in [0.1, 0.15) is 0 Å². The number of carbonyl (C=O) groups excluding carboxylic acids is 2. The third-order valence-corrected chi connectivity index (χ3v) is 4.03. The average Bonchev–Trinajstić information content (AvgIpc) is 2.61. The molecule has 0 saturated heterocycles. The van der Waals surface area contributed by atoms with Crippen molar-refractivity contribution in [2.24, 2.45) is 0 Å². The van der Waals surface area contributed by atoms with Gasteiger partial charge in [0.05, 0.1) is 0 Å². The van der Waals surface area contributed by atoms with Crippen LogP contribution in [-0.4, -0.2) is 18.4 Å². The standard InChI is InChI=1S/C20H24N2O2/c1-3-17(18-7-5-4-6-8-18)14-22-20(24)19-11-9-16(10-12-19)13-21-15(2)23/h4-12,17H,3,13-14H2,1-2H3,(H,21,23)(H,22,24)/t17-/m0/s1. The number of amides is 2. The van der Waals surface area contributed by atoms with Crippen LogP contribution in [0.4, 0.5) is 0 Å². The van der Waals surface area contributed by atoms with Crippen molar-refractivity contribution in [3.05, 3.63) is 71.3 Å². The minimum atomic E-state index is -0.0736. The molecule has 4 nitrogen and oxygen atoms in total. The molecule has 0 radical (unpaired) electrons. The third kappa shape index (κ3) is 5.23. The van der Waals surface area contributed by atoms with Crippen molar-refractivity contribution in [3.8, 4) is 0 Å². The zero-order valence-electron chi connectivity index (χ0n) is 14.2. The second-order valence-electron chi connectivity index (χ2n) is 5.83. The minimum Gasteiger partial charge on any atom is -0.352 e. The summed E-state index contributed by atoms with van der Waals surface area (Å²) in [5.41, 5.74) is 2.84. The largest absolute Gasteiger partial charge is 0.352 e. The first-order valence-corrected chi connectivity index (χ1v) is 8.26. The first kappa shape index (κ1) is 17.7.